The number of carbonyl (C=O) groups excluding carboxylic acids is 4. The second kappa shape index (κ2) is 12.1. The molecule has 0 aromatic heterocycles. The number of Topliss-reactive ketones (excluding diaryl/α,β-unsaturated/α-hetero) is 1. The monoisotopic (exact) mass is 515 g/mol. The van der Waals surface area contributed by atoms with E-state index in [0.29, 0.717) is 25.8 Å². The van der Waals surface area contributed by atoms with Gasteiger partial charge in [-0.25, -0.2) is 4.79 Å². The van der Waals surface area contributed by atoms with Gasteiger partial charge < -0.3 is 15.5 Å². The molecule has 0 spiro atoms. The first-order chi connectivity index (χ1) is 17.3. The van der Waals surface area contributed by atoms with Crippen molar-refractivity contribution in [2.75, 3.05) is 6.54 Å². The van der Waals surface area contributed by atoms with Crippen LogP contribution in [0.4, 0.5) is 4.79 Å². The van der Waals surface area contributed by atoms with Crippen molar-refractivity contribution in [1.82, 2.24) is 15.5 Å². The highest BCUT2D eigenvalue weighted by atomic mass is 16.2. The van der Waals surface area contributed by atoms with Crippen LogP contribution in [0.25, 0.3) is 0 Å². The first kappa shape index (κ1) is 29.4. The van der Waals surface area contributed by atoms with Gasteiger partial charge >= 0.3 is 6.03 Å². The number of urea groups is 1. The highest BCUT2D eigenvalue weighted by molar-refractivity contribution is 5.93. The summed E-state index contributed by atoms with van der Waals surface area (Å²) in [6.45, 7) is 12.7. The van der Waals surface area contributed by atoms with Crippen molar-refractivity contribution >= 4 is 23.5 Å². The lowest BCUT2D eigenvalue weighted by molar-refractivity contribution is -0.139. The van der Waals surface area contributed by atoms with E-state index in [9.17, 15) is 19.2 Å². The fourth-order valence-corrected chi connectivity index (χ4v) is 6.23. The summed E-state index contributed by atoms with van der Waals surface area (Å²) in [5.41, 5.74) is 0.831. The van der Waals surface area contributed by atoms with Gasteiger partial charge in [-0.2, -0.15) is 0 Å². The third-order valence-electron chi connectivity index (χ3n) is 8.64. The summed E-state index contributed by atoms with van der Waals surface area (Å²) in [6.07, 6.45) is 11.3. The van der Waals surface area contributed by atoms with Crippen LogP contribution < -0.4 is 10.6 Å². The van der Waals surface area contributed by atoms with E-state index in [2.05, 4.69) is 45.3 Å². The van der Waals surface area contributed by atoms with Gasteiger partial charge in [0.25, 0.3) is 0 Å². The second-order valence-electron chi connectivity index (χ2n) is 13.5. The van der Waals surface area contributed by atoms with Gasteiger partial charge in [0, 0.05) is 19.0 Å². The van der Waals surface area contributed by atoms with Crippen LogP contribution in [-0.4, -0.2) is 53.1 Å². The molecule has 0 aromatic rings. The average molecular weight is 516 g/mol. The molecule has 208 valence electrons. The van der Waals surface area contributed by atoms with Crippen LogP contribution in [0.1, 0.15) is 112 Å². The Kier molecular flexibility index (Phi) is 9.62. The maximum atomic E-state index is 13.7. The highest BCUT2D eigenvalue weighted by Crippen LogP contribution is 2.35. The summed E-state index contributed by atoms with van der Waals surface area (Å²) in [4.78, 5) is 53.5. The number of likely N-dealkylation sites (tertiary alicyclic amines) is 1. The van der Waals surface area contributed by atoms with Crippen molar-refractivity contribution in [3.63, 3.8) is 0 Å². The summed E-state index contributed by atoms with van der Waals surface area (Å²) < 4.78 is 0. The van der Waals surface area contributed by atoms with E-state index in [1.54, 1.807) is 17.9 Å². The molecular formula is C30H49N3O4. The molecule has 7 heteroatoms. The number of nitrogens with zero attached hydrogens (tertiary/aromatic N) is 1. The summed E-state index contributed by atoms with van der Waals surface area (Å²) in [5, 5.41) is 6.23. The van der Waals surface area contributed by atoms with Gasteiger partial charge in [0.15, 0.2) is 11.6 Å². The fraction of sp³-hybridized carbons (Fsp3) is 0.800. The number of amides is 3. The lowest BCUT2D eigenvalue weighted by atomic mass is 9.81. The molecule has 2 aliphatic carbocycles. The number of hydrogen-bond acceptors (Lipinski definition) is 4. The third kappa shape index (κ3) is 8.15. The Bertz CT molecular complexity index is 895. The average Bonchev–Trinajstić information content (AvgIpc) is 3.25. The topological polar surface area (TPSA) is 95.6 Å². The van der Waals surface area contributed by atoms with E-state index in [-0.39, 0.29) is 52.3 Å². The van der Waals surface area contributed by atoms with Gasteiger partial charge in [0.05, 0.1) is 6.04 Å². The van der Waals surface area contributed by atoms with Crippen LogP contribution in [0.2, 0.25) is 0 Å². The molecule has 1 heterocycles. The quantitative estimate of drug-likeness (QED) is 0.479. The Morgan fingerprint density at radius 3 is 2.35 bits per heavy atom. The zero-order valence-corrected chi connectivity index (χ0v) is 24.0. The van der Waals surface area contributed by atoms with Gasteiger partial charge in [0.2, 0.25) is 5.91 Å². The van der Waals surface area contributed by atoms with E-state index >= 15 is 0 Å². The van der Waals surface area contributed by atoms with E-state index in [4.69, 9.17) is 0 Å². The lowest BCUT2D eigenvalue weighted by Gasteiger charge is -2.36. The van der Waals surface area contributed by atoms with E-state index in [1.807, 2.05) is 0 Å². The van der Waals surface area contributed by atoms with Gasteiger partial charge in [-0.05, 0) is 74.7 Å². The molecule has 1 saturated carbocycles. The molecule has 3 atom stereocenters. The maximum absolute atomic E-state index is 13.7. The van der Waals surface area contributed by atoms with E-state index < -0.39 is 6.04 Å². The van der Waals surface area contributed by atoms with Crippen molar-refractivity contribution in [2.45, 2.75) is 130 Å². The minimum Gasteiger partial charge on any atom is -0.335 e. The SMILES string of the molecule is CC(=O)[C@@H]1CCCN1C(=O)[C@@H](NC(=O)N[C@H](CC1=CC(=O)CC(C)(C)CC1)C(C)(C)C)C1CCCCC1. The molecule has 0 aromatic carbocycles. The number of nitrogens with one attached hydrogen (secondary N) is 2. The van der Waals surface area contributed by atoms with Crippen LogP contribution >= 0.6 is 0 Å². The molecule has 1 aliphatic heterocycles. The molecule has 0 unspecified atom stereocenters. The Morgan fingerprint density at radius 1 is 1.05 bits per heavy atom. The van der Waals surface area contributed by atoms with Gasteiger partial charge in [-0.1, -0.05) is 59.5 Å². The molecule has 0 radical (unpaired) electrons. The summed E-state index contributed by atoms with van der Waals surface area (Å²) in [5.74, 6) is 0.132. The third-order valence-corrected chi connectivity index (χ3v) is 8.64. The van der Waals surface area contributed by atoms with Crippen molar-refractivity contribution < 1.29 is 19.2 Å². The predicted molar refractivity (Wildman–Crippen MR) is 146 cm³/mol. The number of allylic oxidation sites excluding steroid dienone is 1. The van der Waals surface area contributed by atoms with Crippen molar-refractivity contribution in [1.29, 1.82) is 0 Å². The second-order valence-corrected chi connectivity index (χ2v) is 13.5. The van der Waals surface area contributed by atoms with E-state index in [1.165, 1.54) is 0 Å². The Labute approximate surface area is 223 Å². The molecule has 37 heavy (non-hydrogen) atoms. The summed E-state index contributed by atoms with van der Waals surface area (Å²) >= 11 is 0. The van der Waals surface area contributed by atoms with E-state index in [0.717, 1.165) is 56.9 Å². The molecule has 2 N–H and O–H groups in total. The largest absolute Gasteiger partial charge is 0.335 e. The predicted octanol–water partition coefficient (Wildman–Crippen LogP) is 5.32. The smallest absolute Gasteiger partial charge is 0.315 e. The van der Waals surface area contributed by atoms with Gasteiger partial charge in [-0.15, -0.1) is 0 Å². The number of carbonyl (C=O) groups is 4. The highest BCUT2D eigenvalue weighted by Gasteiger charge is 2.40. The lowest BCUT2D eigenvalue weighted by Crippen LogP contribution is -2.58. The Morgan fingerprint density at radius 2 is 1.73 bits per heavy atom. The molecule has 0 bridgehead atoms. The maximum Gasteiger partial charge on any atom is 0.315 e. The van der Waals surface area contributed by atoms with Gasteiger partial charge in [-0.3, -0.25) is 14.4 Å². The first-order valence-corrected chi connectivity index (χ1v) is 14.4. The summed E-state index contributed by atoms with van der Waals surface area (Å²) in [7, 11) is 0. The van der Waals surface area contributed by atoms with Crippen LogP contribution in [-0.2, 0) is 14.4 Å². The molecule has 3 aliphatic rings. The number of rotatable bonds is 7. The molecular weight excluding hydrogens is 466 g/mol. The van der Waals surface area contributed by atoms with Crippen LogP contribution in [0, 0.1) is 16.7 Å². The van der Waals surface area contributed by atoms with Gasteiger partial charge in [0.1, 0.15) is 6.04 Å². The molecule has 7 nitrogen and oxygen atoms in total. The molecule has 1 saturated heterocycles. The van der Waals surface area contributed by atoms with Crippen molar-refractivity contribution in [2.24, 2.45) is 16.7 Å². The molecule has 2 fully saturated rings. The minimum absolute atomic E-state index is 0.0138. The van der Waals surface area contributed by atoms with Crippen LogP contribution in [0.5, 0.6) is 0 Å². The summed E-state index contributed by atoms with van der Waals surface area (Å²) in [6, 6.07) is -1.54. The van der Waals surface area contributed by atoms with Crippen molar-refractivity contribution in [3.05, 3.63) is 11.6 Å². The zero-order valence-electron chi connectivity index (χ0n) is 24.0. The molecule has 3 amide bonds. The number of ketones is 2. The Hall–Kier alpha value is -2.18. The zero-order chi connectivity index (χ0) is 27.4. The first-order valence-electron chi connectivity index (χ1n) is 14.4. The standard InChI is InChI=1S/C30H49N3O4/c1-20(34)24-13-10-16-33(24)27(36)26(22-11-8-7-9-12-22)32-28(37)31-25(29(2,3)4)18-21-14-15-30(5,6)19-23(35)17-21/h17,22,24-26H,7-16,18-19H2,1-6H3,(H2,31,32,37)/t24-,25+,26-/m0/s1. The normalized spacial score (nSPS) is 24.6. The Balaban J connectivity index is 1.74. The molecule has 3 rings (SSSR count). The fourth-order valence-electron chi connectivity index (χ4n) is 6.23. The number of hydrogen-bond donors (Lipinski definition) is 2. The van der Waals surface area contributed by atoms with Crippen LogP contribution in [0.15, 0.2) is 11.6 Å². The minimum atomic E-state index is -0.625. The van der Waals surface area contributed by atoms with Crippen LogP contribution in [0.3, 0.4) is 0 Å². The van der Waals surface area contributed by atoms with Crippen molar-refractivity contribution in [3.8, 4) is 0 Å².